The number of nitrogens with zero attached hydrogens (tertiary/aromatic N) is 1. The summed E-state index contributed by atoms with van der Waals surface area (Å²) < 4.78 is 0. The summed E-state index contributed by atoms with van der Waals surface area (Å²) in [6, 6.07) is -0.0482. The van der Waals surface area contributed by atoms with Crippen molar-refractivity contribution in [2.45, 2.75) is 45.3 Å². The third-order valence-corrected chi connectivity index (χ3v) is 5.06. The molecule has 2 atom stereocenters. The molecule has 5 nitrogen and oxygen atoms in total. The van der Waals surface area contributed by atoms with Crippen LogP contribution in [0.4, 0.5) is 4.79 Å². The molecule has 1 unspecified atom stereocenters. The van der Waals surface area contributed by atoms with Crippen molar-refractivity contribution in [3.8, 4) is 0 Å². The number of thioether (sulfide) groups is 1. The van der Waals surface area contributed by atoms with Crippen LogP contribution >= 0.6 is 11.8 Å². The highest BCUT2D eigenvalue weighted by molar-refractivity contribution is 8.00. The van der Waals surface area contributed by atoms with Gasteiger partial charge in [0, 0.05) is 37.1 Å². The van der Waals surface area contributed by atoms with Gasteiger partial charge in [-0.15, -0.1) is 0 Å². The molecule has 2 N–H and O–H groups in total. The largest absolute Gasteiger partial charge is 0.481 e. The summed E-state index contributed by atoms with van der Waals surface area (Å²) in [7, 11) is 0. The molecule has 1 saturated heterocycles. The van der Waals surface area contributed by atoms with E-state index in [0.717, 1.165) is 31.7 Å². The van der Waals surface area contributed by atoms with E-state index >= 15 is 0 Å². The lowest BCUT2D eigenvalue weighted by Gasteiger charge is -2.32. The van der Waals surface area contributed by atoms with Crippen LogP contribution in [-0.4, -0.2) is 52.6 Å². The molecular weight excluding hydrogens is 288 g/mol. The number of rotatable bonds is 7. The van der Waals surface area contributed by atoms with E-state index in [0.29, 0.717) is 17.7 Å². The van der Waals surface area contributed by atoms with Crippen LogP contribution < -0.4 is 5.32 Å². The molecule has 2 amide bonds. The van der Waals surface area contributed by atoms with E-state index in [9.17, 15) is 9.59 Å². The number of aliphatic carboxylic acids is 1. The second-order valence-electron chi connectivity index (χ2n) is 6.13. The van der Waals surface area contributed by atoms with E-state index in [4.69, 9.17) is 5.11 Å². The molecule has 0 saturated carbocycles. The average molecular weight is 316 g/mol. The predicted molar refractivity (Wildman–Crippen MR) is 86.7 cm³/mol. The van der Waals surface area contributed by atoms with Gasteiger partial charge in [0.15, 0.2) is 0 Å². The van der Waals surface area contributed by atoms with Crippen LogP contribution in [0.3, 0.4) is 0 Å². The van der Waals surface area contributed by atoms with Gasteiger partial charge >= 0.3 is 12.0 Å². The van der Waals surface area contributed by atoms with E-state index in [1.54, 1.807) is 0 Å². The van der Waals surface area contributed by atoms with Crippen LogP contribution in [0.15, 0.2) is 0 Å². The summed E-state index contributed by atoms with van der Waals surface area (Å²) >= 11 is 1.93. The van der Waals surface area contributed by atoms with Gasteiger partial charge in [-0.05, 0) is 24.7 Å². The summed E-state index contributed by atoms with van der Waals surface area (Å²) in [6.45, 7) is 8.31. The number of urea groups is 1. The molecule has 21 heavy (non-hydrogen) atoms. The lowest BCUT2D eigenvalue weighted by molar-refractivity contribution is -0.138. The van der Waals surface area contributed by atoms with Gasteiger partial charge in [0.2, 0.25) is 0 Å². The first-order valence-electron chi connectivity index (χ1n) is 7.78. The van der Waals surface area contributed by atoms with E-state index < -0.39 is 5.97 Å². The number of hydrogen-bond donors (Lipinski definition) is 2. The second-order valence-corrected chi connectivity index (χ2v) is 7.53. The van der Waals surface area contributed by atoms with Crippen LogP contribution in [0, 0.1) is 11.8 Å². The Kier molecular flexibility index (Phi) is 7.93. The highest BCUT2D eigenvalue weighted by atomic mass is 32.2. The van der Waals surface area contributed by atoms with Crippen LogP contribution in [0.1, 0.15) is 40.0 Å². The van der Waals surface area contributed by atoms with Crippen molar-refractivity contribution in [1.82, 2.24) is 10.2 Å². The van der Waals surface area contributed by atoms with Crippen LogP contribution in [0.5, 0.6) is 0 Å². The highest BCUT2D eigenvalue weighted by Crippen LogP contribution is 2.21. The van der Waals surface area contributed by atoms with Gasteiger partial charge in [0.05, 0.1) is 0 Å². The SMILES string of the molecule is CCC1CN(C(=O)NC[C@H](CC(=O)O)CC(C)C)CCS1. The fourth-order valence-electron chi connectivity index (χ4n) is 2.65. The average Bonchev–Trinajstić information content (AvgIpc) is 2.43. The first kappa shape index (κ1) is 18.1. The summed E-state index contributed by atoms with van der Waals surface area (Å²) in [5.41, 5.74) is 0. The highest BCUT2D eigenvalue weighted by Gasteiger charge is 2.24. The van der Waals surface area contributed by atoms with Crippen molar-refractivity contribution < 1.29 is 14.7 Å². The Balaban J connectivity index is 2.42. The van der Waals surface area contributed by atoms with E-state index in [1.165, 1.54) is 0 Å². The van der Waals surface area contributed by atoms with Gasteiger partial charge in [0.25, 0.3) is 0 Å². The second kappa shape index (κ2) is 9.18. The van der Waals surface area contributed by atoms with E-state index in [-0.39, 0.29) is 18.4 Å². The molecule has 1 fully saturated rings. The molecule has 0 aromatic carbocycles. The Hall–Kier alpha value is -0.910. The molecule has 1 heterocycles. The minimum Gasteiger partial charge on any atom is -0.481 e. The van der Waals surface area contributed by atoms with Crippen LogP contribution in [0.2, 0.25) is 0 Å². The number of carbonyl (C=O) groups is 2. The Labute approximate surface area is 131 Å². The zero-order chi connectivity index (χ0) is 15.8. The molecule has 1 rings (SSSR count). The van der Waals surface area contributed by atoms with Crippen molar-refractivity contribution in [2.75, 3.05) is 25.4 Å². The zero-order valence-corrected chi connectivity index (χ0v) is 14.1. The van der Waals surface area contributed by atoms with Gasteiger partial charge in [-0.2, -0.15) is 11.8 Å². The number of amides is 2. The molecule has 1 aliphatic heterocycles. The minimum atomic E-state index is -0.796. The summed E-state index contributed by atoms with van der Waals surface area (Å²) in [5, 5.41) is 12.4. The third-order valence-electron chi connectivity index (χ3n) is 3.69. The number of carboxylic acid groups (broad SMARTS) is 1. The minimum absolute atomic E-state index is 0.00703. The van der Waals surface area contributed by atoms with Crippen LogP contribution in [-0.2, 0) is 4.79 Å². The summed E-state index contributed by atoms with van der Waals surface area (Å²) in [4.78, 5) is 24.9. The lowest BCUT2D eigenvalue weighted by Crippen LogP contribution is -2.48. The molecule has 6 heteroatoms. The molecule has 0 aromatic rings. The molecule has 0 aliphatic carbocycles. The fourth-order valence-corrected chi connectivity index (χ4v) is 3.83. The van der Waals surface area contributed by atoms with Gasteiger partial charge in [-0.1, -0.05) is 20.8 Å². The molecule has 0 radical (unpaired) electrons. The molecule has 0 aromatic heterocycles. The van der Waals surface area contributed by atoms with Crippen molar-refractivity contribution in [1.29, 1.82) is 0 Å². The Morgan fingerprint density at radius 2 is 2.14 bits per heavy atom. The first-order chi connectivity index (χ1) is 9.92. The maximum absolute atomic E-state index is 12.2. The third kappa shape index (κ3) is 7.07. The van der Waals surface area contributed by atoms with Crippen molar-refractivity contribution in [3.05, 3.63) is 0 Å². The Bertz CT molecular complexity index is 350. The van der Waals surface area contributed by atoms with Gasteiger partial charge in [-0.3, -0.25) is 4.79 Å². The predicted octanol–water partition coefficient (Wildman–Crippen LogP) is 2.66. The fraction of sp³-hybridized carbons (Fsp3) is 0.867. The maximum Gasteiger partial charge on any atom is 0.317 e. The Morgan fingerprint density at radius 1 is 1.43 bits per heavy atom. The number of nitrogens with one attached hydrogen (secondary N) is 1. The van der Waals surface area contributed by atoms with Gasteiger partial charge in [0.1, 0.15) is 0 Å². The topological polar surface area (TPSA) is 69.6 Å². The van der Waals surface area contributed by atoms with Crippen molar-refractivity contribution in [2.24, 2.45) is 11.8 Å². The normalized spacial score (nSPS) is 20.4. The quantitative estimate of drug-likeness (QED) is 0.757. The first-order valence-corrected chi connectivity index (χ1v) is 8.83. The number of carbonyl (C=O) groups excluding carboxylic acids is 1. The smallest absolute Gasteiger partial charge is 0.317 e. The molecule has 122 valence electrons. The van der Waals surface area contributed by atoms with E-state index in [1.807, 2.05) is 16.7 Å². The molecule has 0 spiro atoms. The monoisotopic (exact) mass is 316 g/mol. The van der Waals surface area contributed by atoms with Gasteiger partial charge in [-0.25, -0.2) is 4.79 Å². The standard InChI is InChI=1S/C15H28N2O3S/c1-4-13-10-17(5-6-21-13)15(20)16-9-12(7-11(2)3)8-14(18)19/h11-13H,4-10H2,1-3H3,(H,16,20)(H,18,19)/t12-,13?/m0/s1. The Morgan fingerprint density at radius 3 is 2.71 bits per heavy atom. The zero-order valence-electron chi connectivity index (χ0n) is 13.3. The van der Waals surface area contributed by atoms with Crippen molar-refractivity contribution in [3.63, 3.8) is 0 Å². The number of carboxylic acids is 1. The van der Waals surface area contributed by atoms with E-state index in [2.05, 4.69) is 26.1 Å². The number of hydrogen-bond acceptors (Lipinski definition) is 3. The van der Waals surface area contributed by atoms with Gasteiger partial charge < -0.3 is 15.3 Å². The lowest BCUT2D eigenvalue weighted by atomic mass is 9.94. The molecule has 1 aliphatic rings. The molecular formula is C15H28N2O3S. The van der Waals surface area contributed by atoms with Crippen molar-refractivity contribution >= 4 is 23.8 Å². The van der Waals surface area contributed by atoms with Crippen LogP contribution in [0.25, 0.3) is 0 Å². The summed E-state index contributed by atoms with van der Waals surface area (Å²) in [6.07, 6.45) is 2.01. The maximum atomic E-state index is 12.2. The molecule has 0 bridgehead atoms. The summed E-state index contributed by atoms with van der Waals surface area (Å²) in [5.74, 6) is 0.626.